The zero-order chi connectivity index (χ0) is 27.6. The van der Waals surface area contributed by atoms with Crippen molar-refractivity contribution in [2.24, 2.45) is 4.99 Å². The molecule has 1 aromatic heterocycles. The van der Waals surface area contributed by atoms with E-state index in [-0.39, 0.29) is 15.9 Å². The molecule has 0 fully saturated rings. The van der Waals surface area contributed by atoms with Crippen LogP contribution in [-0.2, 0) is 9.53 Å². The Bertz CT molecular complexity index is 1570. The highest BCUT2D eigenvalue weighted by Gasteiger charge is 2.35. The molecular weight excluding hydrogens is 518 g/mol. The third kappa shape index (κ3) is 5.33. The number of alkyl halides is 2. The number of nitrogens with zero attached hydrogens (tertiary/aromatic N) is 2. The predicted molar refractivity (Wildman–Crippen MR) is 138 cm³/mol. The molecule has 0 saturated carbocycles. The van der Waals surface area contributed by atoms with E-state index >= 15 is 0 Å². The number of aromatic nitrogens is 1. The summed E-state index contributed by atoms with van der Waals surface area (Å²) in [7, 11) is 2.99. The molecule has 11 heteroatoms. The summed E-state index contributed by atoms with van der Waals surface area (Å²) in [4.78, 5) is 32.0. The number of carbonyl (C=O) groups is 1. The molecule has 38 heavy (non-hydrogen) atoms. The van der Waals surface area contributed by atoms with E-state index in [1.807, 2.05) is 0 Å². The number of rotatable bonds is 8. The maximum atomic E-state index is 13.8. The number of benzene rings is 2. The number of allylic oxidation sites excluding steroid dienone is 1. The molecule has 0 amide bonds. The number of fused-ring (bicyclic) bond motifs is 1. The fourth-order valence-corrected chi connectivity index (χ4v) is 5.19. The number of hydrogen-bond acceptors (Lipinski definition) is 8. The molecule has 0 unspecified atom stereocenters. The quantitative estimate of drug-likeness (QED) is 0.401. The highest BCUT2D eigenvalue weighted by molar-refractivity contribution is 7.07. The van der Waals surface area contributed by atoms with E-state index < -0.39 is 30.3 Å². The Morgan fingerprint density at radius 2 is 1.84 bits per heavy atom. The Balaban J connectivity index is 2.00. The molecule has 0 N–H and O–H groups in total. The minimum absolute atomic E-state index is 0.0725. The van der Waals surface area contributed by atoms with E-state index in [2.05, 4.69) is 9.73 Å². The fraction of sp³-hybridized carbons (Fsp3) is 0.296. The Morgan fingerprint density at radius 1 is 1.11 bits per heavy atom. The molecule has 1 aliphatic rings. The summed E-state index contributed by atoms with van der Waals surface area (Å²) in [6.45, 7) is 2.09. The van der Waals surface area contributed by atoms with Gasteiger partial charge < -0.3 is 18.9 Å². The van der Waals surface area contributed by atoms with E-state index in [1.54, 1.807) is 57.2 Å². The zero-order valence-electron chi connectivity index (χ0n) is 21.4. The lowest BCUT2D eigenvalue weighted by atomic mass is 9.94. The molecule has 8 nitrogen and oxygen atoms in total. The van der Waals surface area contributed by atoms with Crippen molar-refractivity contribution in [1.82, 2.24) is 4.57 Å². The molecule has 0 saturated heterocycles. The Labute approximate surface area is 221 Å². The van der Waals surface area contributed by atoms with Crippen molar-refractivity contribution in [3.05, 3.63) is 84.5 Å². The zero-order valence-corrected chi connectivity index (χ0v) is 22.2. The maximum absolute atomic E-state index is 13.8. The highest BCUT2D eigenvalue weighted by atomic mass is 32.1. The standard InChI is InChI=1S/C27H26F2N2O6S/c1-14(2)36-25(33)22-15(3)30-27-31(23(22)18-13-17(34-4)10-11-20(18)35-5)24(32)21(38-27)12-16-8-6-7-9-19(16)37-26(28)29/h6-14,23,26H,1-5H3/b21-12-/t23-/m0/s1. The normalized spacial score (nSPS) is 15.4. The third-order valence-electron chi connectivity index (χ3n) is 5.74. The van der Waals surface area contributed by atoms with Gasteiger partial charge in [-0.25, -0.2) is 9.79 Å². The van der Waals surface area contributed by atoms with Crippen LogP contribution in [0.5, 0.6) is 17.2 Å². The van der Waals surface area contributed by atoms with Crippen LogP contribution in [0.2, 0.25) is 0 Å². The number of esters is 1. The van der Waals surface area contributed by atoms with Crippen LogP contribution in [0.15, 0.2) is 63.5 Å². The summed E-state index contributed by atoms with van der Waals surface area (Å²) in [5, 5.41) is 0. The van der Waals surface area contributed by atoms with Crippen molar-refractivity contribution in [3.8, 4) is 17.2 Å². The van der Waals surface area contributed by atoms with E-state index in [1.165, 1.54) is 30.9 Å². The average Bonchev–Trinajstić information content (AvgIpc) is 3.17. The molecular formula is C27H26F2N2O6S. The first-order valence-electron chi connectivity index (χ1n) is 11.6. The number of para-hydroxylation sites is 1. The van der Waals surface area contributed by atoms with Gasteiger partial charge in [-0.2, -0.15) is 8.78 Å². The number of halogens is 2. The van der Waals surface area contributed by atoms with Crippen LogP contribution in [0.3, 0.4) is 0 Å². The predicted octanol–water partition coefficient (Wildman–Crippen LogP) is 3.81. The van der Waals surface area contributed by atoms with Crippen LogP contribution in [0.1, 0.15) is 37.9 Å². The second kappa shape index (κ2) is 11.2. The highest BCUT2D eigenvalue weighted by Crippen LogP contribution is 2.38. The molecule has 2 aromatic carbocycles. The molecule has 200 valence electrons. The van der Waals surface area contributed by atoms with Crippen LogP contribution >= 0.6 is 11.3 Å². The first-order chi connectivity index (χ1) is 18.1. The van der Waals surface area contributed by atoms with Crippen molar-refractivity contribution >= 4 is 23.4 Å². The maximum Gasteiger partial charge on any atom is 0.387 e. The summed E-state index contributed by atoms with van der Waals surface area (Å²) < 4.78 is 48.6. The van der Waals surface area contributed by atoms with E-state index in [9.17, 15) is 18.4 Å². The van der Waals surface area contributed by atoms with Crippen LogP contribution in [0, 0.1) is 0 Å². The Morgan fingerprint density at radius 3 is 2.50 bits per heavy atom. The second-order valence-corrected chi connectivity index (χ2v) is 9.57. The number of hydrogen-bond donors (Lipinski definition) is 0. The van der Waals surface area contributed by atoms with Gasteiger partial charge in [-0.05, 0) is 51.1 Å². The summed E-state index contributed by atoms with van der Waals surface area (Å²) in [6, 6.07) is 10.3. The SMILES string of the molecule is COc1ccc(OC)c([C@H]2C(C(=O)OC(C)C)=C(C)N=c3s/c(=C\c4ccccc4OC(F)F)c(=O)n32)c1. The summed E-state index contributed by atoms with van der Waals surface area (Å²) in [5.41, 5.74) is 0.859. The number of methoxy groups -OCH3 is 2. The molecule has 4 rings (SSSR count). The smallest absolute Gasteiger partial charge is 0.387 e. The van der Waals surface area contributed by atoms with E-state index in [0.29, 0.717) is 33.1 Å². The van der Waals surface area contributed by atoms with Gasteiger partial charge in [0.2, 0.25) is 0 Å². The van der Waals surface area contributed by atoms with Crippen molar-refractivity contribution < 1.29 is 32.5 Å². The fourth-order valence-electron chi connectivity index (χ4n) is 4.15. The van der Waals surface area contributed by atoms with Crippen molar-refractivity contribution in [2.75, 3.05) is 14.2 Å². The number of carbonyl (C=O) groups excluding carboxylic acids is 1. The lowest BCUT2D eigenvalue weighted by Gasteiger charge is -2.26. The van der Waals surface area contributed by atoms with Gasteiger partial charge in [-0.3, -0.25) is 9.36 Å². The first-order valence-corrected chi connectivity index (χ1v) is 12.5. The Kier molecular flexibility index (Phi) is 7.96. The number of thiazole rings is 1. The largest absolute Gasteiger partial charge is 0.497 e. The molecule has 1 atom stereocenters. The second-order valence-electron chi connectivity index (χ2n) is 8.56. The molecule has 0 radical (unpaired) electrons. The van der Waals surface area contributed by atoms with Crippen LogP contribution in [-0.4, -0.2) is 37.5 Å². The topological polar surface area (TPSA) is 88.4 Å². The average molecular weight is 545 g/mol. The summed E-state index contributed by atoms with van der Waals surface area (Å²) in [6.07, 6.45) is 1.05. The summed E-state index contributed by atoms with van der Waals surface area (Å²) >= 11 is 1.06. The minimum Gasteiger partial charge on any atom is -0.497 e. The van der Waals surface area contributed by atoms with Crippen LogP contribution in [0.25, 0.3) is 6.08 Å². The van der Waals surface area contributed by atoms with Gasteiger partial charge in [0.15, 0.2) is 4.80 Å². The third-order valence-corrected chi connectivity index (χ3v) is 6.72. The van der Waals surface area contributed by atoms with Crippen LogP contribution < -0.4 is 29.1 Å². The van der Waals surface area contributed by atoms with Gasteiger partial charge in [-0.1, -0.05) is 29.5 Å². The van der Waals surface area contributed by atoms with Crippen molar-refractivity contribution in [2.45, 2.75) is 39.5 Å². The Hall–Kier alpha value is -3.99. The monoisotopic (exact) mass is 544 g/mol. The van der Waals surface area contributed by atoms with E-state index in [4.69, 9.17) is 14.2 Å². The minimum atomic E-state index is -3.02. The molecule has 1 aliphatic heterocycles. The lowest BCUT2D eigenvalue weighted by molar-refractivity contribution is -0.143. The van der Waals surface area contributed by atoms with Gasteiger partial charge >= 0.3 is 12.6 Å². The van der Waals surface area contributed by atoms with Crippen molar-refractivity contribution in [3.63, 3.8) is 0 Å². The van der Waals surface area contributed by atoms with Gasteiger partial charge in [0.1, 0.15) is 23.3 Å². The van der Waals surface area contributed by atoms with Gasteiger partial charge in [-0.15, -0.1) is 0 Å². The number of ether oxygens (including phenoxy) is 4. The molecule has 0 bridgehead atoms. The summed E-state index contributed by atoms with van der Waals surface area (Å²) in [5.74, 6) is 0.218. The van der Waals surface area contributed by atoms with Crippen molar-refractivity contribution in [1.29, 1.82) is 0 Å². The molecule has 2 heterocycles. The molecule has 3 aromatic rings. The van der Waals surface area contributed by atoms with Gasteiger partial charge in [0, 0.05) is 11.1 Å². The van der Waals surface area contributed by atoms with E-state index in [0.717, 1.165) is 11.3 Å². The molecule has 0 spiro atoms. The van der Waals surface area contributed by atoms with Gasteiger partial charge in [0.05, 0.1) is 36.1 Å². The lowest BCUT2D eigenvalue weighted by Crippen LogP contribution is -2.40. The van der Waals surface area contributed by atoms with Gasteiger partial charge in [0.25, 0.3) is 5.56 Å². The van der Waals surface area contributed by atoms with Crippen LogP contribution in [0.4, 0.5) is 8.78 Å². The first kappa shape index (κ1) is 27.1. The molecule has 0 aliphatic carbocycles.